The van der Waals surface area contributed by atoms with Crippen LogP contribution in [0.5, 0.6) is 11.5 Å². The summed E-state index contributed by atoms with van der Waals surface area (Å²) in [6.45, 7) is 1.83. The summed E-state index contributed by atoms with van der Waals surface area (Å²) in [5, 5.41) is 10.2. The minimum absolute atomic E-state index is 0.0107. The van der Waals surface area contributed by atoms with Gasteiger partial charge in [-0.05, 0) is 25.5 Å². The molecule has 0 spiro atoms. The van der Waals surface area contributed by atoms with Crippen LogP contribution in [0.2, 0.25) is 0 Å². The van der Waals surface area contributed by atoms with Crippen molar-refractivity contribution < 1.29 is 18.7 Å². The summed E-state index contributed by atoms with van der Waals surface area (Å²) in [6.07, 6.45) is 3.86. The standard InChI is InChI=1S/C17H21FN4O3/c1-24-15-8-12(18)14(9-16(15)25-2)20-17(23)13-5-7-22(21-13)11-4-3-6-19-10-11/h5,7-9,11,19H,3-4,6,10H2,1-2H3,(H,20,23). The minimum Gasteiger partial charge on any atom is -0.493 e. The third-order valence-electron chi connectivity index (χ3n) is 4.21. The van der Waals surface area contributed by atoms with Crippen LogP contribution >= 0.6 is 0 Å². The molecule has 1 aromatic carbocycles. The SMILES string of the molecule is COc1cc(F)c(NC(=O)c2ccn(C3CCCNC3)n2)cc1OC. The number of nitrogens with zero attached hydrogens (tertiary/aromatic N) is 2. The number of amides is 1. The van der Waals surface area contributed by atoms with Crippen molar-refractivity contribution in [2.45, 2.75) is 18.9 Å². The number of nitrogens with one attached hydrogen (secondary N) is 2. The van der Waals surface area contributed by atoms with Crippen molar-refractivity contribution in [3.63, 3.8) is 0 Å². The van der Waals surface area contributed by atoms with Gasteiger partial charge < -0.3 is 20.1 Å². The van der Waals surface area contributed by atoms with Crippen molar-refractivity contribution in [1.29, 1.82) is 0 Å². The fourth-order valence-corrected chi connectivity index (χ4v) is 2.86. The van der Waals surface area contributed by atoms with Crippen molar-refractivity contribution in [2.75, 3.05) is 32.6 Å². The lowest BCUT2D eigenvalue weighted by atomic mass is 10.1. The van der Waals surface area contributed by atoms with Crippen LogP contribution < -0.4 is 20.1 Å². The molecule has 1 amide bonds. The van der Waals surface area contributed by atoms with E-state index in [1.54, 1.807) is 16.9 Å². The topological polar surface area (TPSA) is 77.4 Å². The molecular formula is C17H21FN4O3. The minimum atomic E-state index is -0.609. The highest BCUT2D eigenvalue weighted by molar-refractivity contribution is 6.03. The molecule has 1 atom stereocenters. The zero-order chi connectivity index (χ0) is 17.8. The van der Waals surface area contributed by atoms with E-state index in [4.69, 9.17) is 9.47 Å². The first-order chi connectivity index (χ1) is 12.1. The number of ether oxygens (including phenoxy) is 2. The van der Waals surface area contributed by atoms with E-state index >= 15 is 0 Å². The number of hydrogen-bond donors (Lipinski definition) is 2. The summed E-state index contributed by atoms with van der Waals surface area (Å²) in [6, 6.07) is 4.41. The monoisotopic (exact) mass is 348 g/mol. The number of aromatic nitrogens is 2. The number of halogens is 1. The second kappa shape index (κ2) is 7.52. The molecule has 0 aliphatic carbocycles. The molecule has 1 fully saturated rings. The van der Waals surface area contributed by atoms with E-state index in [9.17, 15) is 9.18 Å². The summed E-state index contributed by atoms with van der Waals surface area (Å²) in [5.74, 6) is -0.499. The fraction of sp³-hybridized carbons (Fsp3) is 0.412. The lowest BCUT2D eigenvalue weighted by molar-refractivity contribution is 0.102. The molecule has 1 unspecified atom stereocenters. The molecule has 2 N–H and O–H groups in total. The molecule has 8 heteroatoms. The maximum Gasteiger partial charge on any atom is 0.276 e. The van der Waals surface area contributed by atoms with Gasteiger partial charge >= 0.3 is 0 Å². The second-order valence-corrected chi connectivity index (χ2v) is 5.82. The number of carbonyl (C=O) groups excluding carboxylic acids is 1. The van der Waals surface area contributed by atoms with Gasteiger partial charge in [-0.25, -0.2) is 4.39 Å². The van der Waals surface area contributed by atoms with Gasteiger partial charge in [-0.1, -0.05) is 0 Å². The molecule has 7 nitrogen and oxygen atoms in total. The maximum absolute atomic E-state index is 14.1. The van der Waals surface area contributed by atoms with E-state index in [2.05, 4.69) is 15.7 Å². The number of benzene rings is 1. The molecule has 2 aromatic rings. The Morgan fingerprint density at radius 1 is 1.36 bits per heavy atom. The van der Waals surface area contributed by atoms with E-state index in [1.165, 1.54) is 26.4 Å². The molecular weight excluding hydrogens is 327 g/mol. The van der Waals surface area contributed by atoms with E-state index in [-0.39, 0.29) is 23.2 Å². The van der Waals surface area contributed by atoms with Crippen molar-refractivity contribution >= 4 is 11.6 Å². The second-order valence-electron chi connectivity index (χ2n) is 5.82. The quantitative estimate of drug-likeness (QED) is 0.866. The molecule has 1 saturated heterocycles. The van der Waals surface area contributed by atoms with Crippen LogP contribution in [0.15, 0.2) is 24.4 Å². The summed E-state index contributed by atoms with van der Waals surface area (Å²) in [7, 11) is 2.86. The van der Waals surface area contributed by atoms with Crippen LogP contribution in [0, 0.1) is 5.82 Å². The molecule has 1 aliphatic rings. The van der Waals surface area contributed by atoms with E-state index in [0.29, 0.717) is 5.75 Å². The van der Waals surface area contributed by atoms with Gasteiger partial charge in [0.2, 0.25) is 0 Å². The molecule has 1 aliphatic heterocycles. The Morgan fingerprint density at radius 2 is 2.12 bits per heavy atom. The lowest BCUT2D eigenvalue weighted by Crippen LogP contribution is -2.32. The molecule has 0 saturated carbocycles. The highest BCUT2D eigenvalue weighted by Crippen LogP contribution is 2.32. The van der Waals surface area contributed by atoms with Crippen molar-refractivity contribution in [3.8, 4) is 11.5 Å². The van der Waals surface area contributed by atoms with Crippen LogP contribution in [-0.4, -0.2) is 43.0 Å². The molecule has 0 bridgehead atoms. The predicted molar refractivity (Wildman–Crippen MR) is 90.8 cm³/mol. The first kappa shape index (κ1) is 17.2. The van der Waals surface area contributed by atoms with Crippen LogP contribution in [0.25, 0.3) is 0 Å². The van der Waals surface area contributed by atoms with Crippen LogP contribution in [0.3, 0.4) is 0 Å². The van der Waals surface area contributed by atoms with E-state index in [1.807, 2.05) is 0 Å². The number of rotatable bonds is 5. The Kier molecular flexibility index (Phi) is 5.18. The van der Waals surface area contributed by atoms with Gasteiger partial charge in [0.25, 0.3) is 5.91 Å². The Bertz CT molecular complexity index is 756. The number of carbonyl (C=O) groups is 1. The van der Waals surface area contributed by atoms with E-state index < -0.39 is 11.7 Å². The summed E-state index contributed by atoms with van der Waals surface area (Å²) in [5.41, 5.74) is 0.247. The van der Waals surface area contributed by atoms with Gasteiger partial charge in [0.15, 0.2) is 23.0 Å². The van der Waals surface area contributed by atoms with Crippen LogP contribution in [0.1, 0.15) is 29.4 Å². The first-order valence-corrected chi connectivity index (χ1v) is 8.11. The molecule has 0 radical (unpaired) electrons. The van der Waals surface area contributed by atoms with E-state index in [0.717, 1.165) is 25.9 Å². The zero-order valence-electron chi connectivity index (χ0n) is 14.2. The van der Waals surface area contributed by atoms with Crippen molar-refractivity contribution in [2.24, 2.45) is 0 Å². The van der Waals surface area contributed by atoms with Gasteiger partial charge in [-0.3, -0.25) is 9.48 Å². The van der Waals surface area contributed by atoms with Gasteiger partial charge in [-0.2, -0.15) is 5.10 Å². The Hall–Kier alpha value is -2.61. The lowest BCUT2D eigenvalue weighted by Gasteiger charge is -2.22. The van der Waals surface area contributed by atoms with Gasteiger partial charge in [0.1, 0.15) is 0 Å². The molecule has 1 aromatic heterocycles. The summed E-state index contributed by atoms with van der Waals surface area (Å²) in [4.78, 5) is 12.4. The average Bonchev–Trinajstić information content (AvgIpc) is 3.14. The molecule has 2 heterocycles. The molecule has 3 rings (SSSR count). The first-order valence-electron chi connectivity index (χ1n) is 8.11. The number of anilines is 1. The van der Waals surface area contributed by atoms with Crippen LogP contribution in [0.4, 0.5) is 10.1 Å². The number of methoxy groups -OCH3 is 2. The van der Waals surface area contributed by atoms with Gasteiger partial charge in [0.05, 0.1) is 25.9 Å². The highest BCUT2D eigenvalue weighted by atomic mass is 19.1. The van der Waals surface area contributed by atoms with Crippen LogP contribution in [-0.2, 0) is 0 Å². The number of hydrogen-bond acceptors (Lipinski definition) is 5. The van der Waals surface area contributed by atoms with Gasteiger partial charge in [-0.15, -0.1) is 0 Å². The summed E-state index contributed by atoms with van der Waals surface area (Å²) < 4.78 is 26.1. The third-order valence-corrected chi connectivity index (χ3v) is 4.21. The highest BCUT2D eigenvalue weighted by Gasteiger charge is 2.19. The predicted octanol–water partition coefficient (Wildman–Crippen LogP) is 2.22. The normalized spacial score (nSPS) is 17.2. The van der Waals surface area contributed by atoms with Crippen molar-refractivity contribution in [1.82, 2.24) is 15.1 Å². The molecule has 25 heavy (non-hydrogen) atoms. The zero-order valence-corrected chi connectivity index (χ0v) is 14.2. The Labute approximate surface area is 145 Å². The average molecular weight is 348 g/mol. The largest absolute Gasteiger partial charge is 0.493 e. The van der Waals surface area contributed by atoms with Gasteiger partial charge in [0, 0.05) is 24.9 Å². The smallest absolute Gasteiger partial charge is 0.276 e. The third kappa shape index (κ3) is 3.74. The molecule has 134 valence electrons. The Balaban J connectivity index is 1.75. The maximum atomic E-state index is 14.1. The Morgan fingerprint density at radius 3 is 2.80 bits per heavy atom. The summed E-state index contributed by atoms with van der Waals surface area (Å²) >= 11 is 0. The van der Waals surface area contributed by atoms with Crippen molar-refractivity contribution in [3.05, 3.63) is 35.9 Å². The number of piperidine rings is 1. The fourth-order valence-electron chi connectivity index (χ4n) is 2.86.